The van der Waals surface area contributed by atoms with Gasteiger partial charge in [0.05, 0.1) is 23.3 Å². The number of nitrogens with zero attached hydrogens (tertiary/aromatic N) is 6. The summed E-state index contributed by atoms with van der Waals surface area (Å²) in [5.74, 6) is -3.21. The Bertz CT molecular complexity index is 1200. The number of pyridine rings is 2. The SMILES string of the molecule is CN(C(=O)c1cc2c(cnn2C)nc1C(F)F)C1CCN(c2ccncc2)C1.O=C(O)C(F)(F)F. The molecule has 0 aliphatic carbocycles. The van der Waals surface area contributed by atoms with E-state index in [1.54, 1.807) is 31.4 Å². The molecule has 0 saturated carbocycles. The van der Waals surface area contributed by atoms with Crippen molar-refractivity contribution in [3.05, 3.63) is 48.0 Å². The Kier molecular flexibility index (Phi) is 7.51. The topological polar surface area (TPSA) is 104 Å². The Hall–Kier alpha value is -3.84. The molecule has 9 nitrogen and oxygen atoms in total. The van der Waals surface area contributed by atoms with Crippen LogP contribution in [0.15, 0.2) is 36.8 Å². The second-order valence-corrected chi connectivity index (χ2v) is 7.71. The van der Waals surface area contributed by atoms with Crippen molar-refractivity contribution in [3.8, 4) is 0 Å². The summed E-state index contributed by atoms with van der Waals surface area (Å²) in [5.41, 5.74) is 1.36. The summed E-state index contributed by atoms with van der Waals surface area (Å²) in [6.07, 6.45) is -2.30. The van der Waals surface area contributed by atoms with Gasteiger partial charge in [-0.25, -0.2) is 18.6 Å². The first-order valence-electron chi connectivity index (χ1n) is 10.2. The van der Waals surface area contributed by atoms with E-state index in [0.717, 1.165) is 18.7 Å². The van der Waals surface area contributed by atoms with Crippen molar-refractivity contribution in [2.24, 2.45) is 7.05 Å². The van der Waals surface area contributed by atoms with Crippen LogP contribution >= 0.6 is 0 Å². The van der Waals surface area contributed by atoms with Gasteiger partial charge in [-0.05, 0) is 24.6 Å². The number of carboxylic acids is 1. The molecule has 14 heteroatoms. The lowest BCUT2D eigenvalue weighted by Gasteiger charge is -2.26. The van der Waals surface area contributed by atoms with Crippen LogP contribution in [0.3, 0.4) is 0 Å². The van der Waals surface area contributed by atoms with Gasteiger partial charge in [-0.3, -0.25) is 14.5 Å². The molecule has 188 valence electrons. The zero-order chi connectivity index (χ0) is 25.9. The maximum Gasteiger partial charge on any atom is 0.490 e. The van der Waals surface area contributed by atoms with Gasteiger partial charge < -0.3 is 14.9 Å². The van der Waals surface area contributed by atoms with Crippen LogP contribution in [0.4, 0.5) is 27.6 Å². The molecule has 1 saturated heterocycles. The number of aryl methyl sites for hydroxylation is 1. The highest BCUT2D eigenvalue weighted by Crippen LogP contribution is 2.28. The van der Waals surface area contributed by atoms with E-state index in [9.17, 15) is 26.7 Å². The van der Waals surface area contributed by atoms with E-state index < -0.39 is 30.2 Å². The fourth-order valence-electron chi connectivity index (χ4n) is 3.63. The average molecular weight is 500 g/mol. The van der Waals surface area contributed by atoms with Crippen LogP contribution in [0.2, 0.25) is 0 Å². The molecule has 1 fully saturated rings. The van der Waals surface area contributed by atoms with Crippen molar-refractivity contribution in [3.63, 3.8) is 0 Å². The predicted octanol–water partition coefficient (Wildman–Crippen LogP) is 3.29. The smallest absolute Gasteiger partial charge is 0.475 e. The molecular formula is C21H21F5N6O3. The number of rotatable bonds is 4. The largest absolute Gasteiger partial charge is 0.490 e. The minimum absolute atomic E-state index is 0.0732. The number of alkyl halides is 5. The monoisotopic (exact) mass is 500 g/mol. The Morgan fingerprint density at radius 3 is 2.43 bits per heavy atom. The van der Waals surface area contributed by atoms with E-state index in [0.29, 0.717) is 17.6 Å². The summed E-state index contributed by atoms with van der Waals surface area (Å²) in [5, 5.41) is 11.2. The third-order valence-corrected chi connectivity index (χ3v) is 5.50. The molecule has 4 heterocycles. The van der Waals surface area contributed by atoms with E-state index >= 15 is 0 Å². The maximum absolute atomic E-state index is 13.6. The molecule has 0 aromatic carbocycles. The Morgan fingerprint density at radius 1 is 1.23 bits per heavy atom. The number of anilines is 1. The number of fused-ring (bicyclic) bond motifs is 1. The highest BCUT2D eigenvalue weighted by Gasteiger charge is 2.38. The molecule has 0 radical (unpaired) electrons. The third-order valence-electron chi connectivity index (χ3n) is 5.50. The van der Waals surface area contributed by atoms with E-state index in [1.807, 2.05) is 12.1 Å². The first-order chi connectivity index (χ1) is 16.4. The number of halogens is 5. The minimum atomic E-state index is -5.08. The van der Waals surface area contributed by atoms with Crippen molar-refractivity contribution in [2.75, 3.05) is 25.0 Å². The van der Waals surface area contributed by atoms with Crippen molar-refractivity contribution in [1.29, 1.82) is 0 Å². The molecule has 1 aliphatic rings. The van der Waals surface area contributed by atoms with Crippen molar-refractivity contribution < 1.29 is 36.6 Å². The number of hydrogen-bond donors (Lipinski definition) is 1. The van der Waals surface area contributed by atoms with Crippen molar-refractivity contribution >= 4 is 28.6 Å². The fourth-order valence-corrected chi connectivity index (χ4v) is 3.63. The quantitative estimate of drug-likeness (QED) is 0.549. The number of carboxylic acid groups (broad SMARTS) is 1. The van der Waals surface area contributed by atoms with E-state index in [-0.39, 0.29) is 11.6 Å². The van der Waals surface area contributed by atoms with Gasteiger partial charge in [0.1, 0.15) is 11.2 Å². The highest BCUT2D eigenvalue weighted by molar-refractivity contribution is 5.98. The Balaban J connectivity index is 0.000000429. The minimum Gasteiger partial charge on any atom is -0.475 e. The summed E-state index contributed by atoms with van der Waals surface area (Å²) in [7, 11) is 3.35. The van der Waals surface area contributed by atoms with E-state index in [1.165, 1.54) is 16.9 Å². The van der Waals surface area contributed by atoms with Crippen LogP contribution in [0.1, 0.15) is 28.9 Å². The van der Waals surface area contributed by atoms with Gasteiger partial charge in [-0.1, -0.05) is 0 Å². The molecule has 1 amide bonds. The summed E-state index contributed by atoms with van der Waals surface area (Å²) in [4.78, 5) is 33.7. The summed E-state index contributed by atoms with van der Waals surface area (Å²) >= 11 is 0. The lowest BCUT2D eigenvalue weighted by Crippen LogP contribution is -2.39. The summed E-state index contributed by atoms with van der Waals surface area (Å²) in [6.45, 7) is 1.42. The van der Waals surface area contributed by atoms with Gasteiger partial charge in [0.15, 0.2) is 0 Å². The number of carbonyl (C=O) groups is 2. The Labute approximate surface area is 195 Å². The van der Waals surface area contributed by atoms with E-state index in [4.69, 9.17) is 9.90 Å². The molecule has 3 aromatic rings. The summed E-state index contributed by atoms with van der Waals surface area (Å²) < 4.78 is 60.4. The highest BCUT2D eigenvalue weighted by atomic mass is 19.4. The van der Waals surface area contributed by atoms with Gasteiger partial charge in [0.2, 0.25) is 0 Å². The standard InChI is InChI=1S/C19H20F2N6O.C2HF3O2/c1-25(13-5-8-27(11-13)12-3-6-22-7-4-12)19(28)14-9-16-15(10-23-26(16)2)24-17(14)18(20)21;3-2(4,5)1(6)7/h3-4,6-7,9-10,13,18H,5,8,11H2,1-2H3;(H,6,7). The number of likely N-dealkylation sites (N-methyl/N-ethyl adjacent to an activating group) is 1. The molecule has 0 spiro atoms. The zero-order valence-corrected chi connectivity index (χ0v) is 18.6. The molecule has 0 bridgehead atoms. The van der Waals surface area contributed by atoms with Crippen LogP contribution < -0.4 is 4.90 Å². The average Bonchev–Trinajstić information content (AvgIpc) is 3.45. The molecule has 35 heavy (non-hydrogen) atoms. The summed E-state index contributed by atoms with van der Waals surface area (Å²) in [6, 6.07) is 5.22. The lowest BCUT2D eigenvalue weighted by atomic mass is 10.1. The molecule has 1 atom stereocenters. The lowest BCUT2D eigenvalue weighted by molar-refractivity contribution is -0.192. The van der Waals surface area contributed by atoms with Crippen LogP contribution in [-0.2, 0) is 11.8 Å². The molecular weight excluding hydrogens is 479 g/mol. The van der Waals surface area contributed by atoms with Gasteiger partial charge in [-0.2, -0.15) is 18.3 Å². The number of aliphatic carboxylic acids is 1. The fraction of sp³-hybridized carbons (Fsp3) is 0.381. The second-order valence-electron chi connectivity index (χ2n) is 7.71. The first kappa shape index (κ1) is 25.8. The zero-order valence-electron chi connectivity index (χ0n) is 18.6. The normalized spacial score (nSPS) is 15.8. The van der Waals surface area contributed by atoms with Gasteiger partial charge in [0.25, 0.3) is 12.3 Å². The first-order valence-corrected chi connectivity index (χ1v) is 10.2. The number of amides is 1. The third kappa shape index (κ3) is 5.81. The van der Waals surface area contributed by atoms with Gasteiger partial charge in [-0.15, -0.1) is 0 Å². The molecule has 4 rings (SSSR count). The van der Waals surface area contributed by atoms with Gasteiger partial charge >= 0.3 is 12.1 Å². The van der Waals surface area contributed by atoms with Crippen LogP contribution in [0.25, 0.3) is 11.0 Å². The predicted molar refractivity (Wildman–Crippen MR) is 114 cm³/mol. The van der Waals surface area contributed by atoms with Crippen LogP contribution in [0, 0.1) is 0 Å². The maximum atomic E-state index is 13.6. The van der Waals surface area contributed by atoms with Crippen LogP contribution in [0.5, 0.6) is 0 Å². The van der Waals surface area contributed by atoms with Crippen molar-refractivity contribution in [2.45, 2.75) is 25.1 Å². The second kappa shape index (κ2) is 10.2. The molecule has 1 N–H and O–H groups in total. The van der Waals surface area contributed by atoms with Gasteiger partial charge in [0, 0.05) is 45.3 Å². The number of hydrogen-bond acceptors (Lipinski definition) is 6. The molecule has 1 unspecified atom stereocenters. The molecule has 3 aromatic heterocycles. The van der Waals surface area contributed by atoms with Crippen LogP contribution in [-0.4, -0.2) is 74.0 Å². The number of carbonyl (C=O) groups excluding carboxylic acids is 1. The molecule has 1 aliphatic heterocycles. The number of aromatic nitrogens is 4. The van der Waals surface area contributed by atoms with Crippen molar-refractivity contribution in [1.82, 2.24) is 24.6 Å². The van der Waals surface area contributed by atoms with E-state index in [2.05, 4.69) is 20.0 Å². The Morgan fingerprint density at radius 2 is 1.86 bits per heavy atom.